The van der Waals surface area contributed by atoms with Crippen molar-refractivity contribution in [2.45, 2.75) is 30.8 Å². The van der Waals surface area contributed by atoms with Crippen LogP contribution < -0.4 is 14.4 Å². The minimum absolute atomic E-state index is 0.342. The van der Waals surface area contributed by atoms with Crippen molar-refractivity contribution < 1.29 is 9.47 Å². The summed E-state index contributed by atoms with van der Waals surface area (Å²) in [6.07, 6.45) is 4.60. The zero-order valence-corrected chi connectivity index (χ0v) is 14.8. The molecule has 5 aliphatic heterocycles. The summed E-state index contributed by atoms with van der Waals surface area (Å²) in [4.78, 5) is 9.97. The van der Waals surface area contributed by atoms with E-state index in [0.29, 0.717) is 24.8 Å². The molecule has 0 N–H and O–H groups in total. The fourth-order valence-corrected chi connectivity index (χ4v) is 6.13. The first-order valence-electron chi connectivity index (χ1n) is 9.18. The maximum absolute atomic E-state index is 5.64. The van der Waals surface area contributed by atoms with Crippen LogP contribution in [0.1, 0.15) is 24.3 Å². The highest BCUT2D eigenvalue weighted by molar-refractivity contribution is 7.13. The van der Waals surface area contributed by atoms with Gasteiger partial charge in [0.2, 0.25) is 6.79 Å². The molecule has 5 nitrogen and oxygen atoms in total. The van der Waals surface area contributed by atoms with Crippen LogP contribution in [0.4, 0.5) is 5.13 Å². The van der Waals surface area contributed by atoms with E-state index in [1.165, 1.54) is 36.6 Å². The van der Waals surface area contributed by atoms with E-state index in [-0.39, 0.29) is 0 Å². The van der Waals surface area contributed by atoms with Crippen molar-refractivity contribution in [2.24, 2.45) is 5.92 Å². The number of thiazole rings is 1. The SMILES string of the molecule is c1csc(N2C[C@@H](c3ccc4c(c3)OCO4)[C@@H]3[C@H]2C2CCN3CC2)n1. The van der Waals surface area contributed by atoms with Crippen LogP contribution in [0.3, 0.4) is 0 Å². The van der Waals surface area contributed by atoms with Crippen molar-refractivity contribution in [3.63, 3.8) is 0 Å². The molecule has 0 amide bonds. The Bertz CT molecular complexity index is 788. The molecule has 0 aliphatic carbocycles. The standard InChI is InChI=1S/C19H21N3O2S/c1-2-15-16(24-11-23-15)9-13(1)14-10-22(19-20-5-8-25-19)17-12-3-6-21(7-4-12)18(14)17/h1-2,5,8-9,12,14,17-18H,3-4,6-7,10-11H2/t14-,17+,18+/m0/s1. The molecule has 4 saturated heterocycles. The van der Waals surface area contributed by atoms with Gasteiger partial charge in [-0.1, -0.05) is 6.07 Å². The normalized spacial score (nSPS) is 35.2. The zero-order chi connectivity index (χ0) is 16.4. The summed E-state index contributed by atoms with van der Waals surface area (Å²) in [7, 11) is 0. The van der Waals surface area contributed by atoms with E-state index in [9.17, 15) is 0 Å². The summed E-state index contributed by atoms with van der Waals surface area (Å²) in [5.74, 6) is 3.09. The molecule has 0 radical (unpaired) electrons. The van der Waals surface area contributed by atoms with Gasteiger partial charge in [-0.3, -0.25) is 4.90 Å². The molecule has 5 aliphatic rings. The van der Waals surface area contributed by atoms with Gasteiger partial charge in [0, 0.05) is 30.1 Å². The smallest absolute Gasteiger partial charge is 0.231 e. The Morgan fingerprint density at radius 2 is 1.96 bits per heavy atom. The molecule has 0 spiro atoms. The molecule has 130 valence electrons. The van der Waals surface area contributed by atoms with Gasteiger partial charge in [0.25, 0.3) is 0 Å². The number of hydrogen-bond acceptors (Lipinski definition) is 6. The minimum atomic E-state index is 0.342. The summed E-state index contributed by atoms with van der Waals surface area (Å²) >= 11 is 1.77. The van der Waals surface area contributed by atoms with E-state index in [2.05, 4.69) is 38.4 Å². The molecule has 25 heavy (non-hydrogen) atoms. The highest BCUT2D eigenvalue weighted by atomic mass is 32.1. The third-order valence-corrected chi connectivity index (χ3v) is 7.29. The Kier molecular flexibility index (Phi) is 3.08. The van der Waals surface area contributed by atoms with Crippen LogP contribution in [0.5, 0.6) is 11.5 Å². The quantitative estimate of drug-likeness (QED) is 0.828. The number of nitrogens with zero attached hydrogens (tertiary/aromatic N) is 3. The lowest BCUT2D eigenvalue weighted by molar-refractivity contribution is 0.0355. The van der Waals surface area contributed by atoms with Crippen molar-refractivity contribution in [3.05, 3.63) is 35.3 Å². The van der Waals surface area contributed by atoms with E-state index in [4.69, 9.17) is 9.47 Å². The van der Waals surface area contributed by atoms with Gasteiger partial charge in [0.15, 0.2) is 16.6 Å². The van der Waals surface area contributed by atoms with Gasteiger partial charge in [0.1, 0.15) is 0 Å². The second-order valence-corrected chi connectivity index (χ2v) is 8.41. The maximum atomic E-state index is 5.64. The van der Waals surface area contributed by atoms with E-state index in [0.717, 1.165) is 24.0 Å². The highest BCUT2D eigenvalue weighted by Crippen LogP contribution is 2.49. The van der Waals surface area contributed by atoms with Gasteiger partial charge in [-0.05, 0) is 49.5 Å². The fraction of sp³-hybridized carbons (Fsp3) is 0.526. The molecule has 3 atom stereocenters. The Hall–Kier alpha value is -1.79. The summed E-state index contributed by atoms with van der Waals surface area (Å²) < 4.78 is 11.1. The van der Waals surface area contributed by atoms with E-state index >= 15 is 0 Å². The van der Waals surface area contributed by atoms with Gasteiger partial charge >= 0.3 is 0 Å². The third kappa shape index (κ3) is 2.07. The lowest BCUT2D eigenvalue weighted by Crippen LogP contribution is -2.60. The predicted octanol–water partition coefficient (Wildman–Crippen LogP) is 2.94. The van der Waals surface area contributed by atoms with Crippen LogP contribution in [0.15, 0.2) is 29.8 Å². The molecular formula is C19H21N3O2S. The Morgan fingerprint density at radius 3 is 2.80 bits per heavy atom. The largest absolute Gasteiger partial charge is 0.454 e. The Balaban J connectivity index is 1.42. The lowest BCUT2D eigenvalue weighted by Gasteiger charge is -2.51. The number of fused-ring (bicyclic) bond motifs is 3. The van der Waals surface area contributed by atoms with Crippen LogP contribution in [-0.4, -0.2) is 48.4 Å². The number of aromatic nitrogens is 1. The first-order valence-corrected chi connectivity index (χ1v) is 10.1. The molecule has 2 aromatic rings. The molecule has 7 rings (SSSR count). The highest BCUT2D eigenvalue weighted by Gasteiger charge is 2.54. The molecule has 4 fully saturated rings. The van der Waals surface area contributed by atoms with Crippen molar-refractivity contribution >= 4 is 16.5 Å². The summed E-state index contributed by atoms with van der Waals surface area (Å²) in [6.45, 7) is 3.89. The molecule has 1 aromatic carbocycles. The van der Waals surface area contributed by atoms with Gasteiger partial charge in [-0.15, -0.1) is 11.3 Å². The van der Waals surface area contributed by atoms with Crippen LogP contribution >= 0.6 is 11.3 Å². The number of ether oxygens (including phenoxy) is 2. The van der Waals surface area contributed by atoms with Crippen LogP contribution in [0, 0.1) is 5.92 Å². The van der Waals surface area contributed by atoms with E-state index in [1.54, 1.807) is 11.3 Å². The average molecular weight is 355 g/mol. The van der Waals surface area contributed by atoms with Crippen LogP contribution in [0.2, 0.25) is 0 Å². The molecule has 0 unspecified atom stereocenters. The number of hydrogen-bond donors (Lipinski definition) is 0. The third-order valence-electron chi connectivity index (χ3n) is 6.48. The average Bonchev–Trinajstić information content (AvgIpc) is 3.40. The zero-order valence-electron chi connectivity index (χ0n) is 14.0. The Morgan fingerprint density at radius 1 is 1.08 bits per heavy atom. The second kappa shape index (κ2) is 5.35. The van der Waals surface area contributed by atoms with E-state index < -0.39 is 0 Å². The predicted molar refractivity (Wildman–Crippen MR) is 96.6 cm³/mol. The topological polar surface area (TPSA) is 37.8 Å². The van der Waals surface area contributed by atoms with Crippen LogP contribution in [0.25, 0.3) is 0 Å². The number of benzene rings is 1. The monoisotopic (exact) mass is 355 g/mol. The molecule has 0 saturated carbocycles. The van der Waals surface area contributed by atoms with Crippen molar-refractivity contribution in [3.8, 4) is 11.5 Å². The molecule has 1 aromatic heterocycles. The first kappa shape index (κ1) is 14.4. The van der Waals surface area contributed by atoms with Crippen LogP contribution in [-0.2, 0) is 0 Å². The van der Waals surface area contributed by atoms with E-state index in [1.807, 2.05) is 6.20 Å². The lowest BCUT2D eigenvalue weighted by atomic mass is 9.75. The molecule has 6 heterocycles. The van der Waals surface area contributed by atoms with Gasteiger partial charge < -0.3 is 14.4 Å². The molecule has 6 heteroatoms. The molecule has 2 bridgehead atoms. The summed E-state index contributed by atoms with van der Waals surface area (Å²) in [5.41, 5.74) is 1.38. The van der Waals surface area contributed by atoms with Gasteiger partial charge in [-0.25, -0.2) is 4.98 Å². The Labute approximate surface area is 151 Å². The van der Waals surface area contributed by atoms with Crippen molar-refractivity contribution in [1.82, 2.24) is 9.88 Å². The fourth-order valence-electron chi connectivity index (χ4n) is 5.44. The molecular weight excluding hydrogens is 334 g/mol. The summed E-state index contributed by atoms with van der Waals surface area (Å²) in [6, 6.07) is 7.72. The minimum Gasteiger partial charge on any atom is -0.454 e. The van der Waals surface area contributed by atoms with Gasteiger partial charge in [0.05, 0.1) is 6.04 Å². The second-order valence-electron chi connectivity index (χ2n) is 7.54. The van der Waals surface area contributed by atoms with Gasteiger partial charge in [-0.2, -0.15) is 0 Å². The number of piperidine rings is 3. The first-order chi connectivity index (χ1) is 12.4. The van der Waals surface area contributed by atoms with Crippen molar-refractivity contribution in [1.29, 1.82) is 0 Å². The number of anilines is 1. The maximum Gasteiger partial charge on any atom is 0.231 e. The summed E-state index contributed by atoms with van der Waals surface area (Å²) in [5, 5.41) is 3.28. The van der Waals surface area contributed by atoms with Crippen molar-refractivity contribution in [2.75, 3.05) is 31.3 Å². The number of rotatable bonds is 2.